The van der Waals surface area contributed by atoms with Crippen LogP contribution < -0.4 is 16.0 Å². The molecule has 2 aromatic carbocycles. The molecule has 1 aliphatic rings. The average molecular weight is 458 g/mol. The van der Waals surface area contributed by atoms with Crippen LogP contribution >= 0.6 is 0 Å². The Bertz CT molecular complexity index is 1330. The van der Waals surface area contributed by atoms with Crippen molar-refractivity contribution in [2.75, 3.05) is 16.0 Å². The standard InChI is InChI=1S/C25H24FN7O/c1-16-5-6-20(31-24(34)18-4-2-3-17(11-18)14-26)12-21(16)32-25-27-9-10-33(25)23-13-22(28-15-29-23)30-19-7-8-19/h2-6,9-13,15,19H,7-8,14H2,1H3,(H,27,32)(H,31,34)(H,28,29,30). The summed E-state index contributed by atoms with van der Waals surface area (Å²) in [6.07, 6.45) is 7.36. The highest BCUT2D eigenvalue weighted by Crippen LogP contribution is 2.27. The molecule has 8 nitrogen and oxygen atoms in total. The van der Waals surface area contributed by atoms with Gasteiger partial charge < -0.3 is 16.0 Å². The minimum atomic E-state index is -0.614. The molecule has 0 radical (unpaired) electrons. The number of aromatic nitrogens is 4. The van der Waals surface area contributed by atoms with Crippen LogP contribution in [0, 0.1) is 6.92 Å². The summed E-state index contributed by atoms with van der Waals surface area (Å²) < 4.78 is 14.8. The van der Waals surface area contributed by atoms with Crippen LogP contribution in [0.5, 0.6) is 0 Å². The van der Waals surface area contributed by atoms with Crippen molar-refractivity contribution < 1.29 is 9.18 Å². The fourth-order valence-corrected chi connectivity index (χ4v) is 3.53. The topological polar surface area (TPSA) is 96.8 Å². The van der Waals surface area contributed by atoms with Gasteiger partial charge in [-0.3, -0.25) is 9.36 Å². The summed E-state index contributed by atoms with van der Waals surface area (Å²) in [5, 5.41) is 9.59. The number of anilines is 4. The maximum Gasteiger partial charge on any atom is 0.255 e. The molecule has 9 heteroatoms. The summed E-state index contributed by atoms with van der Waals surface area (Å²) in [6.45, 7) is 1.35. The number of rotatable bonds is 8. The quantitative estimate of drug-likeness (QED) is 0.344. The van der Waals surface area contributed by atoms with Crippen molar-refractivity contribution in [1.29, 1.82) is 0 Å². The van der Waals surface area contributed by atoms with Crippen molar-refractivity contribution in [3.8, 4) is 5.82 Å². The van der Waals surface area contributed by atoms with Crippen molar-refractivity contribution in [3.05, 3.63) is 83.9 Å². The lowest BCUT2D eigenvalue weighted by Crippen LogP contribution is -2.12. The molecule has 1 saturated carbocycles. The highest BCUT2D eigenvalue weighted by atomic mass is 19.1. The first-order chi connectivity index (χ1) is 16.6. The number of carbonyl (C=O) groups excluding carboxylic acids is 1. The molecule has 172 valence electrons. The molecule has 1 amide bonds. The van der Waals surface area contributed by atoms with Gasteiger partial charge in [-0.1, -0.05) is 18.2 Å². The van der Waals surface area contributed by atoms with E-state index in [-0.39, 0.29) is 5.91 Å². The van der Waals surface area contributed by atoms with Crippen molar-refractivity contribution in [2.24, 2.45) is 0 Å². The largest absolute Gasteiger partial charge is 0.367 e. The number of nitrogens with one attached hydrogen (secondary N) is 3. The molecule has 0 atom stereocenters. The van der Waals surface area contributed by atoms with Crippen molar-refractivity contribution in [2.45, 2.75) is 32.5 Å². The molecular weight excluding hydrogens is 433 g/mol. The Kier molecular flexibility index (Phi) is 5.90. The Morgan fingerprint density at radius 2 is 2.00 bits per heavy atom. The molecule has 5 rings (SSSR count). The van der Waals surface area contributed by atoms with E-state index in [4.69, 9.17) is 0 Å². The molecule has 0 aliphatic heterocycles. The summed E-state index contributed by atoms with van der Waals surface area (Å²) in [7, 11) is 0. The second-order valence-corrected chi connectivity index (χ2v) is 8.24. The van der Waals surface area contributed by atoms with Gasteiger partial charge in [0.05, 0.1) is 0 Å². The molecular formula is C25H24FN7O. The van der Waals surface area contributed by atoms with Crippen LogP contribution in [-0.4, -0.2) is 31.5 Å². The lowest BCUT2D eigenvalue weighted by atomic mass is 10.1. The number of amides is 1. The van der Waals surface area contributed by atoms with Crippen LogP contribution in [0.3, 0.4) is 0 Å². The van der Waals surface area contributed by atoms with Crippen molar-refractivity contribution in [3.63, 3.8) is 0 Å². The van der Waals surface area contributed by atoms with E-state index in [9.17, 15) is 9.18 Å². The maximum atomic E-state index is 12.9. The van der Waals surface area contributed by atoms with Gasteiger partial charge in [-0.05, 0) is 55.2 Å². The van der Waals surface area contributed by atoms with Gasteiger partial charge >= 0.3 is 0 Å². The third kappa shape index (κ3) is 4.88. The van der Waals surface area contributed by atoms with Crippen LogP contribution in [0.15, 0.2) is 67.3 Å². The van der Waals surface area contributed by atoms with Gasteiger partial charge in [-0.2, -0.15) is 0 Å². The third-order valence-corrected chi connectivity index (χ3v) is 5.55. The SMILES string of the molecule is Cc1ccc(NC(=O)c2cccc(CF)c2)cc1Nc1nccn1-c1cc(NC2CC2)ncn1. The summed E-state index contributed by atoms with van der Waals surface area (Å²) >= 11 is 0. The number of carbonyl (C=O) groups is 1. The van der Waals surface area contributed by atoms with Gasteiger partial charge in [0.1, 0.15) is 24.6 Å². The van der Waals surface area contributed by atoms with Gasteiger partial charge in [0.25, 0.3) is 5.91 Å². The van der Waals surface area contributed by atoms with E-state index in [2.05, 4.69) is 30.9 Å². The van der Waals surface area contributed by atoms with E-state index in [0.717, 1.165) is 29.9 Å². The highest BCUT2D eigenvalue weighted by Gasteiger charge is 2.21. The van der Waals surface area contributed by atoms with Gasteiger partial charge in [0.15, 0.2) is 0 Å². The molecule has 34 heavy (non-hydrogen) atoms. The Morgan fingerprint density at radius 1 is 1.12 bits per heavy atom. The average Bonchev–Trinajstić information content (AvgIpc) is 3.55. The maximum absolute atomic E-state index is 12.9. The van der Waals surface area contributed by atoms with Crippen LogP contribution in [0.2, 0.25) is 0 Å². The number of benzene rings is 2. The first kappa shape index (κ1) is 21.6. The summed E-state index contributed by atoms with van der Waals surface area (Å²) in [5.74, 6) is 1.75. The molecule has 0 unspecified atom stereocenters. The second-order valence-electron chi connectivity index (χ2n) is 8.24. The van der Waals surface area contributed by atoms with Crippen LogP contribution in [0.25, 0.3) is 5.82 Å². The molecule has 0 bridgehead atoms. The molecule has 1 fully saturated rings. The van der Waals surface area contributed by atoms with E-state index in [1.807, 2.05) is 42.0 Å². The summed E-state index contributed by atoms with van der Waals surface area (Å²) in [4.78, 5) is 25.8. The number of halogens is 1. The van der Waals surface area contributed by atoms with Crippen LogP contribution in [0.4, 0.5) is 27.5 Å². The first-order valence-corrected chi connectivity index (χ1v) is 11.1. The van der Waals surface area contributed by atoms with Gasteiger partial charge in [-0.25, -0.2) is 19.3 Å². The number of hydrogen-bond donors (Lipinski definition) is 3. The van der Waals surface area contributed by atoms with Gasteiger partial charge in [0, 0.05) is 41.4 Å². The Labute approximate surface area is 196 Å². The first-order valence-electron chi connectivity index (χ1n) is 11.1. The molecule has 4 aromatic rings. The summed E-state index contributed by atoms with van der Waals surface area (Å²) in [5.41, 5.74) is 3.24. The number of hydrogen-bond acceptors (Lipinski definition) is 6. The predicted octanol–water partition coefficient (Wildman–Crippen LogP) is 5.01. The van der Waals surface area contributed by atoms with E-state index < -0.39 is 6.67 Å². The molecule has 3 N–H and O–H groups in total. The third-order valence-electron chi connectivity index (χ3n) is 5.55. The zero-order valence-corrected chi connectivity index (χ0v) is 18.6. The minimum absolute atomic E-state index is 0.303. The fourth-order valence-electron chi connectivity index (χ4n) is 3.53. The summed E-state index contributed by atoms with van der Waals surface area (Å²) in [6, 6.07) is 14.5. The van der Waals surface area contributed by atoms with Gasteiger partial charge in [-0.15, -0.1) is 0 Å². The monoisotopic (exact) mass is 457 g/mol. The molecule has 1 aliphatic carbocycles. The molecule has 2 aromatic heterocycles. The number of aryl methyl sites for hydroxylation is 1. The van der Waals surface area contributed by atoms with Gasteiger partial charge in [0.2, 0.25) is 5.95 Å². The zero-order valence-electron chi connectivity index (χ0n) is 18.6. The van der Waals surface area contributed by atoms with E-state index >= 15 is 0 Å². The van der Waals surface area contributed by atoms with E-state index in [0.29, 0.717) is 34.6 Å². The van der Waals surface area contributed by atoms with Crippen molar-refractivity contribution in [1.82, 2.24) is 19.5 Å². The molecule has 2 heterocycles. The Morgan fingerprint density at radius 3 is 2.82 bits per heavy atom. The Hall–Kier alpha value is -4.27. The lowest BCUT2D eigenvalue weighted by molar-refractivity contribution is 0.102. The number of nitrogens with zero attached hydrogens (tertiary/aromatic N) is 4. The van der Waals surface area contributed by atoms with Crippen LogP contribution in [0.1, 0.15) is 34.3 Å². The van der Waals surface area contributed by atoms with E-state index in [1.54, 1.807) is 30.5 Å². The van der Waals surface area contributed by atoms with E-state index in [1.165, 1.54) is 6.33 Å². The minimum Gasteiger partial charge on any atom is -0.367 e. The highest BCUT2D eigenvalue weighted by molar-refractivity contribution is 6.04. The lowest BCUT2D eigenvalue weighted by Gasteiger charge is -2.14. The van der Waals surface area contributed by atoms with Crippen molar-refractivity contribution >= 4 is 29.0 Å². The second kappa shape index (κ2) is 9.30. The number of imidazole rings is 1. The molecule has 0 saturated heterocycles. The van der Waals surface area contributed by atoms with Crippen LogP contribution in [-0.2, 0) is 6.67 Å². The molecule has 0 spiro atoms. The zero-order chi connectivity index (χ0) is 23.5. The Balaban J connectivity index is 1.35. The predicted molar refractivity (Wildman–Crippen MR) is 129 cm³/mol. The smallest absolute Gasteiger partial charge is 0.255 e. The normalized spacial score (nSPS) is 12.9. The number of alkyl halides is 1. The fraction of sp³-hybridized carbons (Fsp3) is 0.200.